The van der Waals surface area contributed by atoms with Gasteiger partial charge in [0.25, 0.3) is 5.91 Å². The van der Waals surface area contributed by atoms with Crippen LogP contribution in [0.25, 0.3) is 0 Å². The number of benzene rings is 1. The molecular weight excluding hydrogens is 353 g/mol. The molecule has 1 amide bonds. The Morgan fingerprint density at radius 3 is 2.56 bits per heavy atom. The van der Waals surface area contributed by atoms with Crippen molar-refractivity contribution < 1.29 is 28.3 Å². The number of carboxylic acids is 1. The zero-order valence-electron chi connectivity index (χ0n) is 14.9. The van der Waals surface area contributed by atoms with E-state index in [-0.39, 0.29) is 35.3 Å². The van der Waals surface area contributed by atoms with E-state index >= 15 is 0 Å². The van der Waals surface area contributed by atoms with Crippen molar-refractivity contribution in [1.29, 1.82) is 0 Å². The van der Waals surface area contributed by atoms with Crippen molar-refractivity contribution in [3.05, 3.63) is 58.8 Å². The Morgan fingerprint density at radius 2 is 1.96 bits per heavy atom. The van der Waals surface area contributed by atoms with Crippen LogP contribution < -0.4 is 0 Å². The number of furan rings is 1. The lowest BCUT2D eigenvalue weighted by molar-refractivity contribution is 0.0607. The maximum Gasteiger partial charge on any atom is 0.339 e. The molecule has 1 aliphatic rings. The number of carboxylic acid groups (broad SMARTS) is 1. The molecule has 2 aromatic rings. The van der Waals surface area contributed by atoms with Gasteiger partial charge >= 0.3 is 5.97 Å². The van der Waals surface area contributed by atoms with E-state index in [4.69, 9.17) is 4.42 Å². The number of carbonyl (C=O) groups excluding carboxylic acids is 2. The van der Waals surface area contributed by atoms with Gasteiger partial charge in [-0.15, -0.1) is 0 Å². The van der Waals surface area contributed by atoms with Gasteiger partial charge in [-0.1, -0.05) is 6.92 Å². The minimum Gasteiger partial charge on any atom is -0.478 e. The van der Waals surface area contributed by atoms with Gasteiger partial charge in [0.1, 0.15) is 17.1 Å². The molecule has 6 nitrogen and oxygen atoms in total. The first kappa shape index (κ1) is 18.8. The third-order valence-electron chi connectivity index (χ3n) is 4.78. The van der Waals surface area contributed by atoms with Crippen molar-refractivity contribution in [1.82, 2.24) is 4.90 Å². The van der Waals surface area contributed by atoms with Gasteiger partial charge in [0.05, 0.1) is 0 Å². The van der Waals surface area contributed by atoms with Crippen LogP contribution >= 0.6 is 0 Å². The summed E-state index contributed by atoms with van der Waals surface area (Å²) < 4.78 is 18.5. The van der Waals surface area contributed by atoms with Crippen LogP contribution in [-0.2, 0) is 6.42 Å². The molecule has 0 saturated carbocycles. The Hall–Kier alpha value is -2.96. The topological polar surface area (TPSA) is 87.8 Å². The van der Waals surface area contributed by atoms with Crippen molar-refractivity contribution in [3.8, 4) is 0 Å². The zero-order chi connectivity index (χ0) is 19.6. The third-order valence-corrected chi connectivity index (χ3v) is 4.78. The summed E-state index contributed by atoms with van der Waals surface area (Å²) in [5, 5.41) is 9.21. The van der Waals surface area contributed by atoms with Crippen LogP contribution in [0.5, 0.6) is 0 Å². The Kier molecular flexibility index (Phi) is 5.39. The number of piperidine rings is 1. The lowest BCUT2D eigenvalue weighted by Gasteiger charge is -2.31. The van der Waals surface area contributed by atoms with Gasteiger partial charge in [-0.25, -0.2) is 9.18 Å². The second kappa shape index (κ2) is 7.73. The summed E-state index contributed by atoms with van der Waals surface area (Å²) in [6.45, 7) is 2.44. The highest BCUT2D eigenvalue weighted by Crippen LogP contribution is 2.24. The predicted octanol–water partition coefficient (Wildman–Crippen LogP) is 3.41. The number of halogens is 1. The van der Waals surface area contributed by atoms with Crippen LogP contribution in [0.2, 0.25) is 0 Å². The number of likely N-dealkylation sites (tertiary alicyclic amines) is 1. The molecule has 0 bridgehead atoms. The van der Waals surface area contributed by atoms with Gasteiger partial charge < -0.3 is 14.4 Å². The number of ketones is 1. The number of nitrogens with zero attached hydrogens (tertiary/aromatic N) is 1. The predicted molar refractivity (Wildman–Crippen MR) is 94.4 cm³/mol. The van der Waals surface area contributed by atoms with E-state index in [2.05, 4.69) is 0 Å². The lowest BCUT2D eigenvalue weighted by atomic mass is 9.90. The van der Waals surface area contributed by atoms with Crippen LogP contribution in [-0.4, -0.2) is 40.8 Å². The molecule has 1 aliphatic heterocycles. The summed E-state index contributed by atoms with van der Waals surface area (Å²) in [6, 6.07) is 6.60. The van der Waals surface area contributed by atoms with Crippen LogP contribution in [0.3, 0.4) is 0 Å². The molecule has 2 heterocycles. The van der Waals surface area contributed by atoms with Crippen molar-refractivity contribution in [3.63, 3.8) is 0 Å². The van der Waals surface area contributed by atoms with Crippen LogP contribution in [0.15, 0.2) is 34.7 Å². The Morgan fingerprint density at radius 1 is 1.26 bits per heavy atom. The molecule has 0 aliphatic carbocycles. The summed E-state index contributed by atoms with van der Waals surface area (Å²) in [6.07, 6.45) is 1.65. The number of hydrogen-bond donors (Lipinski definition) is 1. The average Bonchev–Trinajstić information content (AvgIpc) is 3.12. The Labute approximate surface area is 155 Å². The maximum absolute atomic E-state index is 13.1. The lowest BCUT2D eigenvalue weighted by Crippen LogP contribution is -2.42. The van der Waals surface area contributed by atoms with Crippen LogP contribution in [0.4, 0.5) is 4.39 Å². The monoisotopic (exact) mass is 373 g/mol. The number of amides is 1. The zero-order valence-corrected chi connectivity index (χ0v) is 14.9. The minimum atomic E-state index is -1.14. The van der Waals surface area contributed by atoms with Crippen molar-refractivity contribution in [2.45, 2.75) is 26.2 Å². The number of aromatic carboxylic acids is 1. The molecule has 1 unspecified atom stereocenters. The van der Waals surface area contributed by atoms with Crippen LogP contribution in [0, 0.1) is 11.7 Å². The largest absolute Gasteiger partial charge is 0.478 e. The normalized spacial score (nSPS) is 17.0. The van der Waals surface area contributed by atoms with E-state index < -0.39 is 17.7 Å². The van der Waals surface area contributed by atoms with Gasteiger partial charge in [-0.2, -0.15) is 0 Å². The molecule has 1 saturated heterocycles. The van der Waals surface area contributed by atoms with E-state index in [0.29, 0.717) is 31.4 Å². The summed E-state index contributed by atoms with van der Waals surface area (Å²) in [7, 11) is 0. The fourth-order valence-electron chi connectivity index (χ4n) is 3.36. The molecule has 1 aromatic carbocycles. The van der Waals surface area contributed by atoms with E-state index in [1.165, 1.54) is 35.2 Å². The molecule has 1 N–H and O–H groups in total. The Bertz CT molecular complexity index is 871. The Balaban J connectivity index is 1.75. The quantitative estimate of drug-likeness (QED) is 0.812. The first-order valence-corrected chi connectivity index (χ1v) is 8.85. The molecule has 3 rings (SSSR count). The summed E-state index contributed by atoms with van der Waals surface area (Å²) in [5.74, 6) is -2.27. The molecular formula is C20H20FNO5. The van der Waals surface area contributed by atoms with Crippen molar-refractivity contribution in [2.75, 3.05) is 13.1 Å². The van der Waals surface area contributed by atoms with Gasteiger partial charge in [0, 0.05) is 37.1 Å². The highest BCUT2D eigenvalue weighted by molar-refractivity contribution is 5.99. The smallest absolute Gasteiger partial charge is 0.339 e. The maximum atomic E-state index is 13.1. The molecule has 1 aromatic heterocycles. The summed E-state index contributed by atoms with van der Waals surface area (Å²) in [5.41, 5.74) is 0.395. The second-order valence-corrected chi connectivity index (χ2v) is 6.57. The number of hydrogen-bond acceptors (Lipinski definition) is 4. The number of aryl methyl sites for hydroxylation is 1. The van der Waals surface area contributed by atoms with Crippen molar-refractivity contribution >= 4 is 17.7 Å². The third kappa shape index (κ3) is 3.92. The molecule has 27 heavy (non-hydrogen) atoms. The van der Waals surface area contributed by atoms with E-state index in [1.54, 1.807) is 6.92 Å². The highest BCUT2D eigenvalue weighted by Gasteiger charge is 2.31. The first-order chi connectivity index (χ1) is 12.9. The molecule has 1 fully saturated rings. The van der Waals surface area contributed by atoms with E-state index in [1.807, 2.05) is 0 Å². The standard InChI is InChI=1S/C20H20FNO5/c1-2-16-15(20(25)26)10-17(27-16)19(24)22-9-3-4-13(11-22)18(23)12-5-7-14(21)8-6-12/h5-8,10,13H,2-4,9,11H2,1H3,(H,25,26). The highest BCUT2D eigenvalue weighted by atomic mass is 19.1. The average molecular weight is 373 g/mol. The SMILES string of the molecule is CCc1oc(C(=O)N2CCCC(C(=O)c3ccc(F)cc3)C2)cc1C(=O)O. The van der Waals surface area contributed by atoms with Gasteiger partial charge in [-0.05, 0) is 37.1 Å². The van der Waals surface area contributed by atoms with E-state index in [9.17, 15) is 23.9 Å². The van der Waals surface area contributed by atoms with Gasteiger partial charge in [0.2, 0.25) is 0 Å². The number of carbonyl (C=O) groups is 3. The summed E-state index contributed by atoms with van der Waals surface area (Å²) >= 11 is 0. The fraction of sp³-hybridized carbons (Fsp3) is 0.350. The minimum absolute atomic E-state index is 0.0169. The number of Topliss-reactive ketones (excluding diaryl/α,β-unsaturated/α-hetero) is 1. The molecule has 1 atom stereocenters. The van der Waals surface area contributed by atoms with Gasteiger partial charge in [0.15, 0.2) is 11.5 Å². The molecule has 0 spiro atoms. The number of rotatable bonds is 5. The van der Waals surface area contributed by atoms with Crippen LogP contribution in [0.1, 0.15) is 56.8 Å². The van der Waals surface area contributed by atoms with E-state index in [0.717, 1.165) is 0 Å². The van der Waals surface area contributed by atoms with Gasteiger partial charge in [-0.3, -0.25) is 9.59 Å². The first-order valence-electron chi connectivity index (χ1n) is 8.85. The second-order valence-electron chi connectivity index (χ2n) is 6.57. The molecule has 7 heteroatoms. The molecule has 142 valence electrons. The molecule has 0 radical (unpaired) electrons. The van der Waals surface area contributed by atoms with Crippen molar-refractivity contribution in [2.24, 2.45) is 5.92 Å². The fourth-order valence-corrected chi connectivity index (χ4v) is 3.36. The summed E-state index contributed by atoms with van der Waals surface area (Å²) in [4.78, 5) is 38.2.